The number of phenolic OH excluding ortho intramolecular Hbond substituents is 1. The van der Waals surface area contributed by atoms with E-state index in [1.54, 1.807) is 31.2 Å². The van der Waals surface area contributed by atoms with Crippen molar-refractivity contribution in [2.24, 2.45) is 0 Å². The SMILES string of the molecule is C[C@H]1NC(=O)[C@@H](Cc2ccc(O)cc2)NC1=O. The normalized spacial score (nSPS) is 24.1. The number of hydrogen-bond acceptors (Lipinski definition) is 3. The standard InChI is InChI=1S/C12H14N2O3/c1-7-11(16)14-10(12(17)13-7)6-8-2-4-9(15)5-3-8/h2-5,7,10,15H,6H2,1H3,(H,13,17)(H,14,16)/t7-,10-/m1/s1. The molecule has 0 saturated carbocycles. The minimum absolute atomic E-state index is 0.173. The lowest BCUT2D eigenvalue weighted by atomic mass is 10.0. The smallest absolute Gasteiger partial charge is 0.243 e. The second-order valence-corrected chi connectivity index (χ2v) is 4.16. The molecule has 90 valence electrons. The van der Waals surface area contributed by atoms with E-state index in [1.807, 2.05) is 0 Å². The van der Waals surface area contributed by atoms with E-state index in [-0.39, 0.29) is 17.6 Å². The van der Waals surface area contributed by atoms with Crippen LogP contribution in [0.5, 0.6) is 5.75 Å². The number of aromatic hydroxyl groups is 1. The van der Waals surface area contributed by atoms with Crippen molar-refractivity contribution in [2.45, 2.75) is 25.4 Å². The van der Waals surface area contributed by atoms with E-state index >= 15 is 0 Å². The van der Waals surface area contributed by atoms with Gasteiger partial charge in [-0.25, -0.2) is 0 Å². The summed E-state index contributed by atoms with van der Waals surface area (Å²) >= 11 is 0. The molecule has 1 aromatic rings. The molecule has 0 unspecified atom stereocenters. The molecule has 0 spiro atoms. The zero-order valence-electron chi connectivity index (χ0n) is 9.43. The summed E-state index contributed by atoms with van der Waals surface area (Å²) in [5, 5.41) is 14.4. The van der Waals surface area contributed by atoms with Crippen molar-refractivity contribution in [3.63, 3.8) is 0 Å². The summed E-state index contributed by atoms with van der Waals surface area (Å²) < 4.78 is 0. The number of benzene rings is 1. The molecular weight excluding hydrogens is 220 g/mol. The third-order valence-corrected chi connectivity index (χ3v) is 2.76. The molecule has 1 aromatic carbocycles. The Morgan fingerprint density at radius 1 is 1.12 bits per heavy atom. The van der Waals surface area contributed by atoms with Gasteiger partial charge in [0.1, 0.15) is 17.8 Å². The van der Waals surface area contributed by atoms with Gasteiger partial charge in [-0.3, -0.25) is 9.59 Å². The lowest BCUT2D eigenvalue weighted by Gasteiger charge is -2.27. The summed E-state index contributed by atoms with van der Waals surface area (Å²) in [5.41, 5.74) is 0.887. The minimum Gasteiger partial charge on any atom is -0.508 e. The molecule has 2 amide bonds. The molecule has 2 rings (SSSR count). The van der Waals surface area contributed by atoms with Crippen LogP contribution in [0.1, 0.15) is 12.5 Å². The van der Waals surface area contributed by atoms with Crippen molar-refractivity contribution in [3.05, 3.63) is 29.8 Å². The third-order valence-electron chi connectivity index (χ3n) is 2.76. The summed E-state index contributed by atoms with van der Waals surface area (Å²) in [5.74, 6) is -0.168. The molecule has 0 aromatic heterocycles. The lowest BCUT2D eigenvalue weighted by Crippen LogP contribution is -2.61. The van der Waals surface area contributed by atoms with Crippen LogP contribution in [-0.2, 0) is 16.0 Å². The van der Waals surface area contributed by atoms with Crippen LogP contribution in [0.2, 0.25) is 0 Å². The van der Waals surface area contributed by atoms with Gasteiger partial charge in [-0.05, 0) is 24.6 Å². The maximum atomic E-state index is 11.6. The molecule has 0 aliphatic carbocycles. The second-order valence-electron chi connectivity index (χ2n) is 4.16. The van der Waals surface area contributed by atoms with Crippen LogP contribution in [0.3, 0.4) is 0 Å². The molecule has 0 bridgehead atoms. The number of piperazine rings is 1. The molecule has 17 heavy (non-hydrogen) atoms. The van der Waals surface area contributed by atoms with E-state index in [2.05, 4.69) is 10.6 Å². The van der Waals surface area contributed by atoms with Gasteiger partial charge in [0.05, 0.1) is 0 Å². The molecule has 1 aliphatic heterocycles. The molecule has 1 heterocycles. The number of amides is 2. The fourth-order valence-electron chi connectivity index (χ4n) is 1.75. The number of carbonyl (C=O) groups is 2. The van der Waals surface area contributed by atoms with Crippen LogP contribution in [-0.4, -0.2) is 29.0 Å². The van der Waals surface area contributed by atoms with Crippen molar-refractivity contribution in [2.75, 3.05) is 0 Å². The van der Waals surface area contributed by atoms with E-state index in [0.29, 0.717) is 6.42 Å². The minimum atomic E-state index is -0.539. The van der Waals surface area contributed by atoms with E-state index in [4.69, 9.17) is 5.11 Å². The number of nitrogens with one attached hydrogen (secondary N) is 2. The Hall–Kier alpha value is -2.04. The fraction of sp³-hybridized carbons (Fsp3) is 0.333. The monoisotopic (exact) mass is 234 g/mol. The highest BCUT2D eigenvalue weighted by Crippen LogP contribution is 2.12. The van der Waals surface area contributed by atoms with Crippen molar-refractivity contribution in [3.8, 4) is 5.75 Å². The van der Waals surface area contributed by atoms with Gasteiger partial charge in [-0.2, -0.15) is 0 Å². The number of rotatable bonds is 2. The van der Waals surface area contributed by atoms with Crippen LogP contribution in [0.25, 0.3) is 0 Å². The van der Waals surface area contributed by atoms with Crippen molar-refractivity contribution < 1.29 is 14.7 Å². The first-order chi connectivity index (χ1) is 8.06. The molecule has 5 nitrogen and oxygen atoms in total. The molecular formula is C12H14N2O3. The Morgan fingerprint density at radius 3 is 2.41 bits per heavy atom. The van der Waals surface area contributed by atoms with Crippen molar-refractivity contribution in [1.29, 1.82) is 0 Å². The topological polar surface area (TPSA) is 78.4 Å². The zero-order valence-corrected chi connectivity index (χ0v) is 9.43. The summed E-state index contributed by atoms with van der Waals surface area (Å²) in [6, 6.07) is 5.56. The number of carbonyl (C=O) groups excluding carboxylic acids is 2. The first kappa shape index (κ1) is 11.4. The Labute approximate surface area is 98.8 Å². The summed E-state index contributed by atoms with van der Waals surface area (Å²) in [6.07, 6.45) is 0.421. The van der Waals surface area contributed by atoms with Gasteiger partial charge in [0, 0.05) is 6.42 Å². The van der Waals surface area contributed by atoms with Crippen LogP contribution < -0.4 is 10.6 Å². The molecule has 2 atom stereocenters. The first-order valence-electron chi connectivity index (χ1n) is 5.45. The van der Waals surface area contributed by atoms with E-state index in [9.17, 15) is 9.59 Å². The third kappa shape index (κ3) is 2.55. The Morgan fingerprint density at radius 2 is 1.76 bits per heavy atom. The second kappa shape index (κ2) is 4.45. The van der Waals surface area contributed by atoms with E-state index < -0.39 is 12.1 Å². The Kier molecular flexibility index (Phi) is 2.99. The highest BCUT2D eigenvalue weighted by Gasteiger charge is 2.30. The quantitative estimate of drug-likeness (QED) is 0.670. The predicted molar refractivity (Wildman–Crippen MR) is 61.3 cm³/mol. The molecule has 1 fully saturated rings. The predicted octanol–water partition coefficient (Wildman–Crippen LogP) is -0.0622. The van der Waals surface area contributed by atoms with E-state index in [0.717, 1.165) is 5.56 Å². The molecule has 5 heteroatoms. The highest BCUT2D eigenvalue weighted by atomic mass is 16.3. The largest absolute Gasteiger partial charge is 0.508 e. The van der Waals surface area contributed by atoms with Gasteiger partial charge in [-0.1, -0.05) is 12.1 Å². The molecule has 1 aliphatic rings. The lowest BCUT2D eigenvalue weighted by molar-refractivity contribution is -0.136. The number of hydrogen-bond donors (Lipinski definition) is 3. The maximum absolute atomic E-state index is 11.6. The summed E-state index contributed by atoms with van der Waals surface area (Å²) in [6.45, 7) is 1.64. The zero-order chi connectivity index (χ0) is 12.4. The van der Waals surface area contributed by atoms with Gasteiger partial charge in [-0.15, -0.1) is 0 Å². The van der Waals surface area contributed by atoms with Gasteiger partial charge >= 0.3 is 0 Å². The van der Waals surface area contributed by atoms with Gasteiger partial charge in [0.2, 0.25) is 11.8 Å². The van der Waals surface area contributed by atoms with E-state index in [1.165, 1.54) is 0 Å². The Bertz CT molecular complexity index is 442. The average molecular weight is 234 g/mol. The van der Waals surface area contributed by atoms with Gasteiger partial charge < -0.3 is 15.7 Å². The number of phenols is 1. The highest BCUT2D eigenvalue weighted by molar-refractivity contribution is 5.96. The van der Waals surface area contributed by atoms with Crippen LogP contribution in [0.4, 0.5) is 0 Å². The van der Waals surface area contributed by atoms with Gasteiger partial charge in [0.25, 0.3) is 0 Å². The van der Waals surface area contributed by atoms with Crippen LogP contribution in [0.15, 0.2) is 24.3 Å². The molecule has 3 N–H and O–H groups in total. The molecule has 1 saturated heterocycles. The first-order valence-corrected chi connectivity index (χ1v) is 5.45. The molecule has 0 radical (unpaired) electrons. The summed E-state index contributed by atoms with van der Waals surface area (Å²) in [7, 11) is 0. The van der Waals surface area contributed by atoms with Crippen LogP contribution >= 0.6 is 0 Å². The average Bonchev–Trinajstić information content (AvgIpc) is 2.29. The van der Waals surface area contributed by atoms with Gasteiger partial charge in [0.15, 0.2) is 0 Å². The van der Waals surface area contributed by atoms with Crippen molar-refractivity contribution in [1.82, 2.24) is 10.6 Å². The summed E-state index contributed by atoms with van der Waals surface area (Å²) in [4.78, 5) is 23.1. The maximum Gasteiger partial charge on any atom is 0.243 e. The fourth-order valence-corrected chi connectivity index (χ4v) is 1.75. The van der Waals surface area contributed by atoms with Crippen molar-refractivity contribution >= 4 is 11.8 Å². The Balaban J connectivity index is 2.06. The van der Waals surface area contributed by atoms with Crippen LogP contribution in [0, 0.1) is 0 Å².